The van der Waals surface area contributed by atoms with E-state index in [2.05, 4.69) is 15.4 Å². The number of piperidine rings is 1. The monoisotopic (exact) mass is 316 g/mol. The topological polar surface area (TPSA) is 81.4 Å². The highest BCUT2D eigenvalue weighted by molar-refractivity contribution is 5.96. The third-order valence-electron chi connectivity index (χ3n) is 4.04. The maximum Gasteiger partial charge on any atom is 0.259 e. The fourth-order valence-electron chi connectivity index (χ4n) is 2.74. The molecule has 0 N–H and O–H groups in total. The van der Waals surface area contributed by atoms with Gasteiger partial charge < -0.3 is 14.2 Å². The quantitative estimate of drug-likeness (QED) is 0.862. The molecule has 122 valence electrons. The molecule has 7 nitrogen and oxygen atoms in total. The van der Waals surface area contributed by atoms with E-state index in [-0.39, 0.29) is 12.0 Å². The summed E-state index contributed by atoms with van der Waals surface area (Å²) in [5.74, 6) is 1.08. The number of likely N-dealkylation sites (tertiary alicyclic amines) is 1. The molecule has 1 amide bonds. The van der Waals surface area contributed by atoms with Crippen LogP contribution in [0.2, 0.25) is 0 Å². The van der Waals surface area contributed by atoms with Gasteiger partial charge in [0.05, 0.1) is 11.4 Å². The van der Waals surface area contributed by atoms with Gasteiger partial charge in [-0.15, -0.1) is 5.10 Å². The SMILES string of the molecule is Cc1ccc(OC2CCN(C(=O)c3c(C)noc3C)CC2)nn1. The van der Waals surface area contributed by atoms with Crippen LogP contribution in [-0.4, -0.2) is 45.4 Å². The molecule has 2 aromatic heterocycles. The Balaban J connectivity index is 1.58. The fraction of sp³-hybridized carbons (Fsp3) is 0.500. The summed E-state index contributed by atoms with van der Waals surface area (Å²) in [6, 6.07) is 3.70. The first-order chi connectivity index (χ1) is 11.0. The Morgan fingerprint density at radius 1 is 1.22 bits per heavy atom. The first-order valence-electron chi connectivity index (χ1n) is 7.73. The summed E-state index contributed by atoms with van der Waals surface area (Å²) in [5, 5.41) is 11.8. The zero-order valence-corrected chi connectivity index (χ0v) is 13.6. The number of nitrogens with zero attached hydrogens (tertiary/aromatic N) is 4. The molecule has 0 aromatic carbocycles. The molecule has 7 heteroatoms. The maximum atomic E-state index is 12.6. The molecule has 3 rings (SSSR count). The van der Waals surface area contributed by atoms with Gasteiger partial charge in [0.1, 0.15) is 17.4 Å². The first kappa shape index (κ1) is 15.5. The van der Waals surface area contributed by atoms with E-state index in [9.17, 15) is 4.79 Å². The van der Waals surface area contributed by atoms with Gasteiger partial charge >= 0.3 is 0 Å². The van der Waals surface area contributed by atoms with Crippen molar-refractivity contribution < 1.29 is 14.1 Å². The molecule has 2 aromatic rings. The van der Waals surface area contributed by atoms with Gasteiger partial charge in [0.15, 0.2) is 0 Å². The van der Waals surface area contributed by atoms with Crippen LogP contribution in [0.5, 0.6) is 5.88 Å². The summed E-state index contributed by atoms with van der Waals surface area (Å²) in [5.41, 5.74) is 2.08. The molecular weight excluding hydrogens is 296 g/mol. The van der Waals surface area contributed by atoms with Crippen molar-refractivity contribution in [2.75, 3.05) is 13.1 Å². The molecule has 0 bridgehead atoms. The Labute approximate surface area is 134 Å². The van der Waals surface area contributed by atoms with Crippen molar-refractivity contribution in [1.82, 2.24) is 20.3 Å². The second-order valence-corrected chi connectivity index (χ2v) is 5.82. The molecule has 0 saturated carbocycles. The van der Waals surface area contributed by atoms with Crippen molar-refractivity contribution >= 4 is 5.91 Å². The summed E-state index contributed by atoms with van der Waals surface area (Å²) in [6.07, 6.45) is 1.59. The second-order valence-electron chi connectivity index (χ2n) is 5.82. The minimum atomic E-state index is -0.0187. The number of carbonyl (C=O) groups is 1. The Bertz CT molecular complexity index is 668. The van der Waals surface area contributed by atoms with Crippen molar-refractivity contribution in [2.45, 2.75) is 39.7 Å². The number of rotatable bonds is 3. The lowest BCUT2D eigenvalue weighted by Crippen LogP contribution is -2.42. The third kappa shape index (κ3) is 3.33. The summed E-state index contributed by atoms with van der Waals surface area (Å²) in [6.45, 7) is 6.73. The highest BCUT2D eigenvalue weighted by Crippen LogP contribution is 2.21. The number of hydrogen-bond acceptors (Lipinski definition) is 6. The minimum absolute atomic E-state index is 0.0187. The molecule has 0 spiro atoms. The zero-order valence-electron chi connectivity index (χ0n) is 13.6. The van der Waals surface area contributed by atoms with Crippen molar-refractivity contribution in [3.8, 4) is 5.88 Å². The van der Waals surface area contributed by atoms with Gasteiger partial charge in [-0.3, -0.25) is 4.79 Å². The average Bonchev–Trinajstić information content (AvgIpc) is 2.88. The smallest absolute Gasteiger partial charge is 0.259 e. The van der Waals surface area contributed by atoms with Crippen LogP contribution in [0.3, 0.4) is 0 Å². The van der Waals surface area contributed by atoms with Gasteiger partial charge in [0.25, 0.3) is 5.91 Å². The number of aromatic nitrogens is 3. The van der Waals surface area contributed by atoms with Crippen molar-refractivity contribution in [2.24, 2.45) is 0 Å². The molecule has 1 aliphatic heterocycles. The molecule has 1 aliphatic rings. The molecule has 23 heavy (non-hydrogen) atoms. The number of hydrogen-bond donors (Lipinski definition) is 0. The summed E-state index contributed by atoms with van der Waals surface area (Å²) >= 11 is 0. The first-order valence-corrected chi connectivity index (χ1v) is 7.73. The number of ether oxygens (including phenoxy) is 1. The summed E-state index contributed by atoms with van der Waals surface area (Å²) in [7, 11) is 0. The average molecular weight is 316 g/mol. The molecule has 0 aliphatic carbocycles. The molecule has 1 saturated heterocycles. The van der Waals surface area contributed by atoms with E-state index in [0.717, 1.165) is 18.5 Å². The fourth-order valence-corrected chi connectivity index (χ4v) is 2.74. The van der Waals surface area contributed by atoms with E-state index in [4.69, 9.17) is 9.26 Å². The van der Waals surface area contributed by atoms with Crippen LogP contribution < -0.4 is 4.74 Å². The molecule has 0 atom stereocenters. The zero-order chi connectivity index (χ0) is 16.4. The van der Waals surface area contributed by atoms with Gasteiger partial charge in [-0.2, -0.15) is 5.10 Å². The molecule has 0 unspecified atom stereocenters. The van der Waals surface area contributed by atoms with E-state index in [1.54, 1.807) is 13.8 Å². The van der Waals surface area contributed by atoms with Crippen LogP contribution in [-0.2, 0) is 0 Å². The van der Waals surface area contributed by atoms with Gasteiger partial charge in [-0.25, -0.2) is 0 Å². The molecular formula is C16H20N4O3. The van der Waals surface area contributed by atoms with Crippen LogP contribution in [0.25, 0.3) is 0 Å². The van der Waals surface area contributed by atoms with Crippen LogP contribution in [0.15, 0.2) is 16.7 Å². The summed E-state index contributed by atoms with van der Waals surface area (Å²) < 4.78 is 10.9. The van der Waals surface area contributed by atoms with Crippen LogP contribution in [0.1, 0.15) is 40.3 Å². The Morgan fingerprint density at radius 2 is 1.96 bits per heavy atom. The van der Waals surface area contributed by atoms with Crippen LogP contribution in [0.4, 0.5) is 0 Å². The highest BCUT2D eigenvalue weighted by Gasteiger charge is 2.28. The van der Waals surface area contributed by atoms with Gasteiger partial charge in [-0.1, -0.05) is 5.16 Å². The molecule has 0 radical (unpaired) electrons. The Kier molecular flexibility index (Phi) is 4.27. The lowest BCUT2D eigenvalue weighted by Gasteiger charge is -2.31. The van der Waals surface area contributed by atoms with E-state index in [1.807, 2.05) is 24.0 Å². The molecule has 3 heterocycles. The van der Waals surface area contributed by atoms with Crippen LogP contribution in [0, 0.1) is 20.8 Å². The minimum Gasteiger partial charge on any atom is -0.473 e. The highest BCUT2D eigenvalue weighted by atomic mass is 16.5. The van der Waals surface area contributed by atoms with Gasteiger partial charge in [0.2, 0.25) is 5.88 Å². The van der Waals surface area contributed by atoms with E-state index < -0.39 is 0 Å². The van der Waals surface area contributed by atoms with Crippen molar-refractivity contribution in [3.63, 3.8) is 0 Å². The number of carbonyl (C=O) groups excluding carboxylic acids is 1. The Hall–Kier alpha value is -2.44. The maximum absolute atomic E-state index is 12.6. The number of aryl methyl sites for hydroxylation is 3. The normalized spacial score (nSPS) is 15.7. The van der Waals surface area contributed by atoms with Crippen molar-refractivity contribution in [1.29, 1.82) is 0 Å². The predicted molar refractivity (Wildman–Crippen MR) is 82.3 cm³/mol. The number of amides is 1. The van der Waals surface area contributed by atoms with E-state index in [1.165, 1.54) is 0 Å². The molecule has 1 fully saturated rings. The van der Waals surface area contributed by atoms with Gasteiger partial charge in [-0.05, 0) is 26.8 Å². The largest absolute Gasteiger partial charge is 0.473 e. The lowest BCUT2D eigenvalue weighted by atomic mass is 10.1. The van der Waals surface area contributed by atoms with Crippen molar-refractivity contribution in [3.05, 3.63) is 34.8 Å². The standard InChI is InChI=1S/C16H20N4O3/c1-10-4-5-14(18-17-10)22-13-6-8-20(9-7-13)16(21)15-11(2)19-23-12(15)3/h4-5,13H,6-9H2,1-3H3. The summed E-state index contributed by atoms with van der Waals surface area (Å²) in [4.78, 5) is 14.4. The van der Waals surface area contributed by atoms with E-state index in [0.29, 0.717) is 36.0 Å². The van der Waals surface area contributed by atoms with E-state index >= 15 is 0 Å². The van der Waals surface area contributed by atoms with Gasteiger partial charge in [0, 0.05) is 32.0 Å². The second kappa shape index (κ2) is 6.36. The predicted octanol–water partition coefficient (Wildman–Crippen LogP) is 2.07. The Morgan fingerprint density at radius 3 is 2.52 bits per heavy atom. The third-order valence-corrected chi connectivity index (χ3v) is 4.04. The van der Waals surface area contributed by atoms with Crippen LogP contribution >= 0.6 is 0 Å². The lowest BCUT2D eigenvalue weighted by molar-refractivity contribution is 0.0584.